The van der Waals surface area contributed by atoms with Gasteiger partial charge in [-0.25, -0.2) is 0 Å². The van der Waals surface area contributed by atoms with Gasteiger partial charge >= 0.3 is 0 Å². The van der Waals surface area contributed by atoms with E-state index < -0.39 is 0 Å². The van der Waals surface area contributed by atoms with E-state index in [-0.39, 0.29) is 0 Å². The SMILES string of the molecule is CC.CC1=CCC2CC1C2(C)C. The molecule has 1 saturated carbocycles. The fourth-order valence-electron chi connectivity index (χ4n) is 2.66. The molecule has 0 heteroatoms. The molecule has 0 amide bonds. The van der Waals surface area contributed by atoms with Gasteiger partial charge in [0, 0.05) is 0 Å². The van der Waals surface area contributed by atoms with Crippen LogP contribution in [0.4, 0.5) is 0 Å². The van der Waals surface area contributed by atoms with Crippen LogP contribution in [-0.4, -0.2) is 0 Å². The minimum absolute atomic E-state index is 0.638. The van der Waals surface area contributed by atoms with E-state index in [2.05, 4.69) is 26.8 Å². The second-order valence-corrected chi connectivity index (χ2v) is 4.49. The summed E-state index contributed by atoms with van der Waals surface area (Å²) in [4.78, 5) is 0. The standard InChI is InChI=1S/C10H16.C2H6/c1-7-4-5-8-6-9(7)10(8,2)3;1-2/h4,8-9H,5-6H2,1-3H3;1-2H3. The van der Waals surface area contributed by atoms with Crippen molar-refractivity contribution in [3.05, 3.63) is 11.6 Å². The van der Waals surface area contributed by atoms with Crippen LogP contribution in [0.15, 0.2) is 11.6 Å². The van der Waals surface area contributed by atoms with Crippen LogP contribution >= 0.6 is 0 Å². The fraction of sp³-hybridized carbons (Fsp3) is 0.833. The summed E-state index contributed by atoms with van der Waals surface area (Å²) >= 11 is 0. The highest BCUT2D eigenvalue weighted by molar-refractivity contribution is 5.21. The molecular formula is C12H22. The predicted molar refractivity (Wildman–Crippen MR) is 55.1 cm³/mol. The number of rotatable bonds is 0. The Hall–Kier alpha value is -0.260. The maximum absolute atomic E-state index is 2.43. The molecule has 3 rings (SSSR count). The second kappa shape index (κ2) is 3.24. The Balaban J connectivity index is 0.000000336. The van der Waals surface area contributed by atoms with E-state index >= 15 is 0 Å². The van der Waals surface area contributed by atoms with E-state index in [9.17, 15) is 0 Å². The zero-order chi connectivity index (χ0) is 9.35. The smallest absolute Gasteiger partial charge is 0.0149 e. The third kappa shape index (κ3) is 1.22. The van der Waals surface area contributed by atoms with Crippen molar-refractivity contribution < 1.29 is 0 Å². The van der Waals surface area contributed by atoms with E-state index in [1.165, 1.54) is 12.8 Å². The molecule has 2 unspecified atom stereocenters. The lowest BCUT2D eigenvalue weighted by Gasteiger charge is -2.56. The lowest BCUT2D eigenvalue weighted by molar-refractivity contribution is -0.00579. The summed E-state index contributed by atoms with van der Waals surface area (Å²) in [7, 11) is 0. The lowest BCUT2D eigenvalue weighted by atomic mass is 9.49. The van der Waals surface area contributed by atoms with E-state index in [4.69, 9.17) is 0 Å². The van der Waals surface area contributed by atoms with E-state index in [1.807, 2.05) is 13.8 Å². The van der Waals surface area contributed by atoms with Crippen LogP contribution in [0.25, 0.3) is 0 Å². The monoisotopic (exact) mass is 166 g/mol. The summed E-state index contributed by atoms with van der Waals surface area (Å²) in [6.45, 7) is 11.1. The van der Waals surface area contributed by atoms with Gasteiger partial charge in [0.1, 0.15) is 0 Å². The average molecular weight is 166 g/mol. The van der Waals surface area contributed by atoms with Gasteiger partial charge in [-0.2, -0.15) is 0 Å². The van der Waals surface area contributed by atoms with Gasteiger partial charge in [0.05, 0.1) is 0 Å². The molecule has 3 aliphatic carbocycles. The summed E-state index contributed by atoms with van der Waals surface area (Å²) in [6, 6.07) is 0. The van der Waals surface area contributed by atoms with Crippen LogP contribution in [0.5, 0.6) is 0 Å². The van der Waals surface area contributed by atoms with Crippen molar-refractivity contribution in [2.75, 3.05) is 0 Å². The number of allylic oxidation sites excluding steroid dienone is 2. The van der Waals surface area contributed by atoms with E-state index in [1.54, 1.807) is 5.57 Å². The van der Waals surface area contributed by atoms with Gasteiger partial charge < -0.3 is 0 Å². The van der Waals surface area contributed by atoms with Gasteiger partial charge in [-0.15, -0.1) is 0 Å². The normalized spacial score (nSPS) is 35.6. The van der Waals surface area contributed by atoms with Gasteiger partial charge in [-0.05, 0) is 37.0 Å². The zero-order valence-electron chi connectivity index (χ0n) is 9.15. The first-order valence-electron chi connectivity index (χ1n) is 5.29. The fourth-order valence-corrected chi connectivity index (χ4v) is 2.66. The van der Waals surface area contributed by atoms with Gasteiger partial charge in [0.2, 0.25) is 0 Å². The third-order valence-corrected chi connectivity index (χ3v) is 3.74. The topological polar surface area (TPSA) is 0 Å². The maximum Gasteiger partial charge on any atom is -0.0149 e. The zero-order valence-corrected chi connectivity index (χ0v) is 9.15. The Morgan fingerprint density at radius 2 is 1.92 bits per heavy atom. The minimum Gasteiger partial charge on any atom is -0.0850 e. The highest BCUT2D eigenvalue weighted by Crippen LogP contribution is 2.58. The Labute approximate surface area is 77.1 Å². The first kappa shape index (κ1) is 9.83. The molecule has 2 atom stereocenters. The first-order chi connectivity index (χ1) is 5.62. The van der Waals surface area contributed by atoms with E-state index in [0.29, 0.717) is 5.41 Å². The highest BCUT2D eigenvalue weighted by atomic mass is 14.5. The van der Waals surface area contributed by atoms with Crippen LogP contribution < -0.4 is 0 Å². The molecule has 0 aromatic heterocycles. The molecule has 12 heavy (non-hydrogen) atoms. The molecule has 0 saturated heterocycles. The number of fused-ring (bicyclic) bond motifs is 1. The van der Waals surface area contributed by atoms with Crippen molar-refractivity contribution in [3.8, 4) is 0 Å². The molecule has 0 N–H and O–H groups in total. The summed E-state index contributed by atoms with van der Waals surface area (Å²) < 4.78 is 0. The maximum atomic E-state index is 2.43. The minimum atomic E-state index is 0.638. The van der Waals surface area contributed by atoms with Gasteiger partial charge in [-0.3, -0.25) is 0 Å². The molecule has 0 aromatic rings. The molecular weight excluding hydrogens is 144 g/mol. The Morgan fingerprint density at radius 3 is 2.17 bits per heavy atom. The van der Waals surface area contributed by atoms with Crippen LogP contribution in [0.2, 0.25) is 0 Å². The largest absolute Gasteiger partial charge is 0.0850 e. The second-order valence-electron chi connectivity index (χ2n) is 4.49. The molecule has 0 aliphatic heterocycles. The quantitative estimate of drug-likeness (QED) is 0.477. The number of hydrogen-bond donors (Lipinski definition) is 0. The van der Waals surface area contributed by atoms with Crippen LogP contribution in [0.1, 0.15) is 47.5 Å². The Kier molecular flexibility index (Phi) is 2.65. The van der Waals surface area contributed by atoms with Crippen molar-refractivity contribution >= 4 is 0 Å². The van der Waals surface area contributed by atoms with Crippen molar-refractivity contribution in [3.63, 3.8) is 0 Å². The Bertz CT molecular complexity index is 186. The average Bonchev–Trinajstić information content (AvgIpc) is 2.07. The molecule has 0 spiro atoms. The summed E-state index contributed by atoms with van der Waals surface area (Å²) in [5.41, 5.74) is 2.28. The molecule has 0 aromatic carbocycles. The third-order valence-electron chi connectivity index (χ3n) is 3.74. The first-order valence-corrected chi connectivity index (χ1v) is 5.29. The molecule has 3 aliphatic rings. The van der Waals surface area contributed by atoms with Crippen LogP contribution in [0, 0.1) is 17.3 Å². The summed E-state index contributed by atoms with van der Waals surface area (Å²) in [6.07, 6.45) is 5.24. The van der Waals surface area contributed by atoms with Crippen molar-refractivity contribution in [2.45, 2.75) is 47.5 Å². The van der Waals surface area contributed by atoms with Crippen LogP contribution in [-0.2, 0) is 0 Å². The summed E-state index contributed by atoms with van der Waals surface area (Å²) in [5.74, 6) is 1.92. The van der Waals surface area contributed by atoms with Crippen molar-refractivity contribution in [1.82, 2.24) is 0 Å². The van der Waals surface area contributed by atoms with Crippen molar-refractivity contribution in [1.29, 1.82) is 0 Å². The molecule has 0 heterocycles. The molecule has 1 fully saturated rings. The molecule has 2 bridgehead atoms. The van der Waals surface area contributed by atoms with Crippen molar-refractivity contribution in [2.24, 2.45) is 17.3 Å². The van der Waals surface area contributed by atoms with Gasteiger partial charge in [0.25, 0.3) is 0 Å². The highest BCUT2D eigenvalue weighted by Gasteiger charge is 2.49. The molecule has 0 nitrogen and oxygen atoms in total. The van der Waals surface area contributed by atoms with Gasteiger partial charge in [0.15, 0.2) is 0 Å². The number of hydrogen-bond acceptors (Lipinski definition) is 0. The lowest BCUT2D eigenvalue weighted by Crippen LogP contribution is -2.47. The molecule has 70 valence electrons. The van der Waals surface area contributed by atoms with Gasteiger partial charge in [-0.1, -0.05) is 39.3 Å². The molecule has 0 radical (unpaired) electrons. The Morgan fingerprint density at radius 1 is 1.33 bits per heavy atom. The predicted octanol–water partition coefficient (Wildman–Crippen LogP) is 4.02. The summed E-state index contributed by atoms with van der Waals surface area (Å²) in [5, 5.41) is 0. The van der Waals surface area contributed by atoms with Crippen LogP contribution in [0.3, 0.4) is 0 Å². The van der Waals surface area contributed by atoms with E-state index in [0.717, 1.165) is 11.8 Å².